The maximum absolute atomic E-state index is 10.7. The van der Waals surface area contributed by atoms with Gasteiger partial charge in [0.15, 0.2) is 0 Å². The Morgan fingerprint density at radius 2 is 1.77 bits per heavy atom. The van der Waals surface area contributed by atoms with E-state index >= 15 is 0 Å². The Balaban J connectivity index is 2.25. The number of benzene rings is 1. The summed E-state index contributed by atoms with van der Waals surface area (Å²) in [7, 11) is 0. The fourth-order valence-corrected chi connectivity index (χ4v) is 1.77. The number of hydrogen-bond acceptors (Lipinski definition) is 1. The molecule has 1 heterocycles. The van der Waals surface area contributed by atoms with Gasteiger partial charge in [0.25, 0.3) is 0 Å². The molecule has 0 radical (unpaired) electrons. The smallest absolute Gasteiger partial charge is 0.222 e. The lowest BCUT2D eigenvalue weighted by Gasteiger charge is -2.27. The lowest BCUT2D eigenvalue weighted by molar-refractivity contribution is -0.128. The third-order valence-corrected chi connectivity index (χ3v) is 2.37. The minimum Gasteiger partial charge on any atom is -0.349 e. The standard InChI is InChI=1S/C11H13NO/c1-7-3-8(2)5-9(4-7)10-6-11(13)12-10/h3-5,10H,6H2,1-2H3,(H,12,13). The van der Waals surface area contributed by atoms with Crippen LogP contribution in [0.3, 0.4) is 0 Å². The molecule has 0 spiro atoms. The van der Waals surface area contributed by atoms with E-state index in [0.29, 0.717) is 6.42 Å². The predicted octanol–water partition coefficient (Wildman–Crippen LogP) is 1.86. The molecule has 0 aliphatic carbocycles. The molecule has 1 saturated heterocycles. The fraction of sp³-hybridized carbons (Fsp3) is 0.364. The summed E-state index contributed by atoms with van der Waals surface area (Å²) in [6, 6.07) is 6.67. The normalized spacial score (nSPS) is 20.8. The van der Waals surface area contributed by atoms with Crippen molar-refractivity contribution in [3.8, 4) is 0 Å². The molecule has 1 aliphatic rings. The Hall–Kier alpha value is -1.31. The van der Waals surface area contributed by atoms with Crippen LogP contribution in [0.15, 0.2) is 18.2 Å². The van der Waals surface area contributed by atoms with Gasteiger partial charge in [0.1, 0.15) is 0 Å². The molecule has 1 fully saturated rings. The average molecular weight is 175 g/mol. The van der Waals surface area contributed by atoms with Gasteiger partial charge in [0, 0.05) is 0 Å². The minimum absolute atomic E-state index is 0.157. The van der Waals surface area contributed by atoms with Crippen LogP contribution >= 0.6 is 0 Å². The summed E-state index contributed by atoms with van der Waals surface area (Å²) in [6.45, 7) is 4.16. The van der Waals surface area contributed by atoms with Gasteiger partial charge in [-0.1, -0.05) is 29.3 Å². The number of β-lactam (4-membered cyclic amide) rings is 1. The van der Waals surface area contributed by atoms with Crippen LogP contribution in [-0.2, 0) is 4.79 Å². The number of carbonyl (C=O) groups is 1. The topological polar surface area (TPSA) is 29.1 Å². The monoisotopic (exact) mass is 175 g/mol. The molecule has 1 aromatic rings. The van der Waals surface area contributed by atoms with E-state index in [0.717, 1.165) is 0 Å². The van der Waals surface area contributed by atoms with Crippen molar-refractivity contribution < 1.29 is 4.79 Å². The van der Waals surface area contributed by atoms with Gasteiger partial charge in [-0.3, -0.25) is 4.79 Å². The van der Waals surface area contributed by atoms with Crippen molar-refractivity contribution in [1.29, 1.82) is 0 Å². The Morgan fingerprint density at radius 3 is 2.23 bits per heavy atom. The maximum Gasteiger partial charge on any atom is 0.222 e. The molecule has 0 saturated carbocycles. The summed E-state index contributed by atoms with van der Waals surface area (Å²) < 4.78 is 0. The van der Waals surface area contributed by atoms with E-state index < -0.39 is 0 Å². The molecular weight excluding hydrogens is 162 g/mol. The molecule has 2 rings (SSSR count). The highest BCUT2D eigenvalue weighted by molar-refractivity contribution is 5.83. The predicted molar refractivity (Wildman–Crippen MR) is 51.4 cm³/mol. The van der Waals surface area contributed by atoms with E-state index in [-0.39, 0.29) is 11.9 Å². The quantitative estimate of drug-likeness (QED) is 0.648. The maximum atomic E-state index is 10.7. The summed E-state index contributed by atoms with van der Waals surface area (Å²) in [6.07, 6.45) is 0.642. The van der Waals surface area contributed by atoms with Crippen LogP contribution in [0.5, 0.6) is 0 Å². The van der Waals surface area contributed by atoms with Crippen molar-refractivity contribution in [1.82, 2.24) is 5.32 Å². The van der Waals surface area contributed by atoms with Crippen molar-refractivity contribution >= 4 is 5.91 Å². The molecule has 2 nitrogen and oxygen atoms in total. The highest BCUT2D eigenvalue weighted by Crippen LogP contribution is 2.25. The summed E-state index contributed by atoms with van der Waals surface area (Å²) in [5.74, 6) is 0.157. The van der Waals surface area contributed by atoms with E-state index in [2.05, 4.69) is 37.4 Å². The summed E-state index contributed by atoms with van der Waals surface area (Å²) in [5, 5.41) is 2.87. The van der Waals surface area contributed by atoms with Gasteiger partial charge >= 0.3 is 0 Å². The second-order valence-corrected chi connectivity index (χ2v) is 3.75. The number of amides is 1. The number of aryl methyl sites for hydroxylation is 2. The largest absolute Gasteiger partial charge is 0.349 e. The van der Waals surface area contributed by atoms with Gasteiger partial charge in [-0.15, -0.1) is 0 Å². The zero-order chi connectivity index (χ0) is 9.42. The fourth-order valence-electron chi connectivity index (χ4n) is 1.77. The van der Waals surface area contributed by atoms with E-state index in [1.54, 1.807) is 0 Å². The number of rotatable bonds is 1. The molecule has 68 valence electrons. The van der Waals surface area contributed by atoms with Gasteiger partial charge in [0.2, 0.25) is 5.91 Å². The van der Waals surface area contributed by atoms with E-state index in [9.17, 15) is 4.79 Å². The number of hydrogen-bond donors (Lipinski definition) is 1. The molecule has 1 aromatic carbocycles. The lowest BCUT2D eigenvalue weighted by Crippen LogP contribution is -2.41. The minimum atomic E-state index is 0.157. The van der Waals surface area contributed by atoms with Crippen LogP contribution in [0.4, 0.5) is 0 Å². The molecule has 0 aromatic heterocycles. The van der Waals surface area contributed by atoms with Crippen LogP contribution < -0.4 is 5.32 Å². The summed E-state index contributed by atoms with van der Waals surface area (Å²) >= 11 is 0. The molecule has 0 bridgehead atoms. The van der Waals surface area contributed by atoms with Gasteiger partial charge in [0.05, 0.1) is 12.5 Å². The van der Waals surface area contributed by atoms with Crippen LogP contribution in [0.2, 0.25) is 0 Å². The van der Waals surface area contributed by atoms with Crippen LogP contribution in [-0.4, -0.2) is 5.91 Å². The zero-order valence-corrected chi connectivity index (χ0v) is 7.92. The van der Waals surface area contributed by atoms with Crippen molar-refractivity contribution in [3.63, 3.8) is 0 Å². The van der Waals surface area contributed by atoms with Crippen LogP contribution in [0.1, 0.15) is 29.2 Å². The highest BCUT2D eigenvalue weighted by Gasteiger charge is 2.26. The van der Waals surface area contributed by atoms with Crippen LogP contribution in [0, 0.1) is 13.8 Å². The van der Waals surface area contributed by atoms with E-state index in [1.165, 1.54) is 16.7 Å². The molecule has 13 heavy (non-hydrogen) atoms. The Labute approximate surface area is 78.0 Å². The molecule has 1 aliphatic heterocycles. The lowest BCUT2D eigenvalue weighted by atomic mass is 9.94. The third-order valence-electron chi connectivity index (χ3n) is 2.37. The van der Waals surface area contributed by atoms with Crippen molar-refractivity contribution in [3.05, 3.63) is 34.9 Å². The van der Waals surface area contributed by atoms with Crippen molar-refractivity contribution in [2.24, 2.45) is 0 Å². The summed E-state index contributed by atoms with van der Waals surface area (Å²) in [4.78, 5) is 10.7. The molecule has 1 amide bonds. The Kier molecular flexibility index (Phi) is 1.83. The van der Waals surface area contributed by atoms with Gasteiger partial charge in [-0.25, -0.2) is 0 Å². The second-order valence-electron chi connectivity index (χ2n) is 3.75. The third kappa shape index (κ3) is 1.57. The Bertz CT molecular complexity index is 329. The highest BCUT2D eigenvalue weighted by atomic mass is 16.2. The Morgan fingerprint density at radius 1 is 1.23 bits per heavy atom. The van der Waals surface area contributed by atoms with Crippen LogP contribution in [0.25, 0.3) is 0 Å². The van der Waals surface area contributed by atoms with Gasteiger partial charge in [-0.2, -0.15) is 0 Å². The average Bonchev–Trinajstić information content (AvgIpc) is 1.96. The van der Waals surface area contributed by atoms with Crippen molar-refractivity contribution in [2.75, 3.05) is 0 Å². The first-order chi connectivity index (χ1) is 6.15. The number of carbonyl (C=O) groups excluding carboxylic acids is 1. The molecular formula is C11H13NO. The first kappa shape index (κ1) is 8.30. The summed E-state index contributed by atoms with van der Waals surface area (Å²) in [5.41, 5.74) is 3.75. The first-order valence-corrected chi connectivity index (χ1v) is 4.53. The molecule has 2 heteroatoms. The van der Waals surface area contributed by atoms with E-state index in [1.807, 2.05) is 0 Å². The molecule has 1 atom stereocenters. The molecule has 1 unspecified atom stereocenters. The SMILES string of the molecule is Cc1cc(C)cc(C2CC(=O)N2)c1. The van der Waals surface area contributed by atoms with Gasteiger partial charge < -0.3 is 5.32 Å². The number of nitrogens with one attached hydrogen (secondary N) is 1. The second kappa shape index (κ2) is 2.87. The first-order valence-electron chi connectivity index (χ1n) is 4.53. The zero-order valence-electron chi connectivity index (χ0n) is 7.92. The molecule has 1 N–H and O–H groups in total. The van der Waals surface area contributed by atoms with E-state index in [4.69, 9.17) is 0 Å². The van der Waals surface area contributed by atoms with Crippen molar-refractivity contribution in [2.45, 2.75) is 26.3 Å². The van der Waals surface area contributed by atoms with Gasteiger partial charge in [-0.05, 0) is 19.4 Å².